The molecule has 2 heterocycles. The van der Waals surface area contributed by atoms with E-state index in [1.54, 1.807) is 0 Å². The lowest BCUT2D eigenvalue weighted by atomic mass is 10.2. The van der Waals surface area contributed by atoms with Gasteiger partial charge in [-0.05, 0) is 0 Å². The smallest absolute Gasteiger partial charge is 0.387 e. The highest BCUT2D eigenvalue weighted by atomic mass is 31.2. The van der Waals surface area contributed by atoms with Crippen molar-refractivity contribution in [1.82, 2.24) is 9.55 Å². The van der Waals surface area contributed by atoms with E-state index in [1.807, 2.05) is 4.98 Å². The summed E-state index contributed by atoms with van der Waals surface area (Å²) in [7, 11) is -4.76. The number of nitrogens with zero attached hydrogens (tertiary/aromatic N) is 1. The maximum absolute atomic E-state index is 11.6. The molecule has 0 bridgehead atoms. The van der Waals surface area contributed by atoms with Crippen LogP contribution in [0.1, 0.15) is 6.23 Å². The molecule has 1 aromatic rings. The van der Waals surface area contributed by atoms with Crippen LogP contribution in [-0.4, -0.2) is 54.5 Å². The topological polar surface area (TPSA) is 171 Å². The van der Waals surface area contributed by atoms with Gasteiger partial charge in [0.15, 0.2) is 6.23 Å². The van der Waals surface area contributed by atoms with Gasteiger partial charge >= 0.3 is 13.5 Å². The van der Waals surface area contributed by atoms with Crippen LogP contribution < -0.4 is 11.2 Å². The van der Waals surface area contributed by atoms with Gasteiger partial charge in [0.2, 0.25) is 0 Å². The number of H-pyrrole nitrogens is 1. The first-order chi connectivity index (χ1) is 9.69. The normalized spacial score (nSPS) is 29.7. The van der Waals surface area contributed by atoms with Crippen molar-refractivity contribution in [2.45, 2.75) is 24.5 Å². The molecule has 1 aliphatic heterocycles. The van der Waals surface area contributed by atoms with E-state index in [-0.39, 0.29) is 0 Å². The van der Waals surface area contributed by atoms with Crippen LogP contribution in [0.3, 0.4) is 0 Å². The molecule has 2 rings (SSSR count). The second-order valence-corrected chi connectivity index (χ2v) is 5.59. The number of aromatic nitrogens is 2. The van der Waals surface area contributed by atoms with Gasteiger partial charge in [-0.15, -0.1) is 0 Å². The lowest BCUT2D eigenvalue weighted by molar-refractivity contribution is -0.0543. The summed E-state index contributed by atoms with van der Waals surface area (Å²) in [4.78, 5) is 41.6. The molecule has 0 aromatic carbocycles. The molecule has 21 heavy (non-hydrogen) atoms. The molecule has 118 valence electrons. The van der Waals surface area contributed by atoms with E-state index in [0.717, 1.165) is 16.8 Å². The monoisotopic (exact) mass is 326 g/mol. The number of aliphatic hydroxyl groups is 2. The number of rotatable bonds is 4. The molecule has 5 N–H and O–H groups in total. The number of phosphoric ester groups is 1. The van der Waals surface area contributed by atoms with Crippen LogP contribution in [0, 0.1) is 0 Å². The predicted molar refractivity (Wildman–Crippen MR) is 65.2 cm³/mol. The van der Waals surface area contributed by atoms with Crippen LogP contribution in [0.25, 0.3) is 0 Å². The zero-order valence-electron chi connectivity index (χ0n) is 10.4. The SMILES string of the molecule is O=c1ccn([14C@@H]2O[C@H](COP(=O)(O)O)[C@@H](O)[C@H]2O)c(=O)[nH]1. The molecule has 0 amide bonds. The Morgan fingerprint density at radius 3 is 2.67 bits per heavy atom. The largest absolute Gasteiger partial charge is 0.469 e. The molecule has 4 atom stereocenters. The van der Waals surface area contributed by atoms with Gasteiger partial charge in [0, 0.05) is 12.3 Å². The molecule has 1 aliphatic rings. The van der Waals surface area contributed by atoms with Crippen molar-refractivity contribution in [1.29, 1.82) is 0 Å². The van der Waals surface area contributed by atoms with E-state index in [9.17, 15) is 24.4 Å². The standard InChI is InChI=1S/C9H13N2O9P/c12-5-1-2-11(9(15)10-5)8-7(14)6(13)4(20-8)3-19-21(16,17)18/h1-2,4,6-8,13-14H,3H2,(H,10,12,15)(H2,16,17,18)/t4-,6-,7-,8-/m1/s1/i8+2. The molecule has 0 spiro atoms. The third kappa shape index (κ3) is 3.66. The average Bonchev–Trinajstić information content (AvgIpc) is 2.64. The van der Waals surface area contributed by atoms with Crippen LogP contribution in [0.15, 0.2) is 21.9 Å². The Kier molecular flexibility index (Phi) is 4.44. The zero-order valence-corrected chi connectivity index (χ0v) is 11.3. The van der Waals surface area contributed by atoms with E-state index in [4.69, 9.17) is 14.5 Å². The van der Waals surface area contributed by atoms with Gasteiger partial charge < -0.3 is 24.7 Å². The Bertz CT molecular complexity index is 664. The first-order valence-electron chi connectivity index (χ1n) is 5.72. The summed E-state index contributed by atoms with van der Waals surface area (Å²) in [6.45, 7) is -0.683. The van der Waals surface area contributed by atoms with Gasteiger partial charge in [-0.3, -0.25) is 18.9 Å². The number of aliphatic hydroxyl groups excluding tert-OH is 2. The molecule has 0 aliphatic carbocycles. The molecule has 1 saturated heterocycles. The number of nitrogens with one attached hydrogen (secondary N) is 1. The lowest BCUT2D eigenvalue weighted by Crippen LogP contribution is -2.37. The molecule has 0 saturated carbocycles. The third-order valence-electron chi connectivity index (χ3n) is 2.87. The molecule has 0 unspecified atom stereocenters. The Morgan fingerprint density at radius 2 is 2.10 bits per heavy atom. The Hall–Kier alpha value is -1.33. The van der Waals surface area contributed by atoms with Gasteiger partial charge in [0.05, 0.1) is 6.61 Å². The minimum atomic E-state index is -4.76. The Morgan fingerprint density at radius 1 is 1.43 bits per heavy atom. The number of phosphoric acid groups is 1. The van der Waals surface area contributed by atoms with E-state index >= 15 is 0 Å². The first-order valence-corrected chi connectivity index (χ1v) is 7.25. The third-order valence-corrected chi connectivity index (χ3v) is 3.35. The average molecular weight is 326 g/mol. The van der Waals surface area contributed by atoms with Gasteiger partial charge in [-0.1, -0.05) is 0 Å². The van der Waals surface area contributed by atoms with Crippen LogP contribution in [0.5, 0.6) is 0 Å². The number of aromatic amines is 1. The maximum atomic E-state index is 11.6. The fraction of sp³-hybridized carbons (Fsp3) is 0.556. The van der Waals surface area contributed by atoms with Crippen molar-refractivity contribution in [3.63, 3.8) is 0 Å². The first kappa shape index (κ1) is 16.0. The number of hydrogen-bond acceptors (Lipinski definition) is 7. The summed E-state index contributed by atoms with van der Waals surface area (Å²) in [6.07, 6.45) is -4.58. The van der Waals surface area contributed by atoms with Crippen LogP contribution in [-0.2, 0) is 13.8 Å². The van der Waals surface area contributed by atoms with Crippen molar-refractivity contribution < 1.29 is 33.8 Å². The summed E-state index contributed by atoms with van der Waals surface area (Å²) >= 11 is 0. The molecule has 1 fully saturated rings. The summed E-state index contributed by atoms with van der Waals surface area (Å²) in [5, 5.41) is 19.6. The van der Waals surface area contributed by atoms with Gasteiger partial charge in [0.25, 0.3) is 5.56 Å². The Labute approximate surface area is 116 Å². The second kappa shape index (κ2) is 5.81. The molecular weight excluding hydrogens is 313 g/mol. The van der Waals surface area contributed by atoms with Crippen molar-refractivity contribution in [3.8, 4) is 0 Å². The molecule has 12 heteroatoms. The highest BCUT2D eigenvalue weighted by Crippen LogP contribution is 2.38. The summed E-state index contributed by atoms with van der Waals surface area (Å²) < 4.78 is 20.8. The number of hydrogen-bond donors (Lipinski definition) is 5. The van der Waals surface area contributed by atoms with Crippen LogP contribution in [0.2, 0.25) is 0 Å². The molecule has 0 radical (unpaired) electrons. The summed E-state index contributed by atoms with van der Waals surface area (Å²) in [6, 6.07) is 1.02. The van der Waals surface area contributed by atoms with E-state index in [1.165, 1.54) is 0 Å². The highest BCUT2D eigenvalue weighted by Gasteiger charge is 2.44. The number of ether oxygens (including phenoxy) is 1. The van der Waals surface area contributed by atoms with Crippen molar-refractivity contribution in [3.05, 3.63) is 33.1 Å². The van der Waals surface area contributed by atoms with E-state index in [0.29, 0.717) is 0 Å². The second-order valence-electron chi connectivity index (χ2n) is 4.35. The summed E-state index contributed by atoms with van der Waals surface area (Å²) in [5.74, 6) is 0. The highest BCUT2D eigenvalue weighted by molar-refractivity contribution is 7.46. The maximum Gasteiger partial charge on any atom is 0.469 e. The summed E-state index contributed by atoms with van der Waals surface area (Å²) in [5.41, 5.74) is -1.51. The minimum absolute atomic E-state index is 0.648. The van der Waals surface area contributed by atoms with Gasteiger partial charge in [-0.2, -0.15) is 0 Å². The fourth-order valence-corrected chi connectivity index (χ4v) is 2.24. The Balaban J connectivity index is 2.18. The van der Waals surface area contributed by atoms with E-state index < -0.39 is 50.2 Å². The van der Waals surface area contributed by atoms with Crippen molar-refractivity contribution in [2.75, 3.05) is 6.61 Å². The lowest BCUT2D eigenvalue weighted by Gasteiger charge is -2.16. The van der Waals surface area contributed by atoms with Crippen LogP contribution in [0.4, 0.5) is 0 Å². The predicted octanol–water partition coefficient (Wildman–Crippen LogP) is -2.73. The molecule has 11 nitrogen and oxygen atoms in total. The molecule has 1 aromatic heterocycles. The molecular formula is C9H13N2O9P. The quantitative estimate of drug-likeness (QED) is 0.368. The zero-order chi connectivity index (χ0) is 15.8. The van der Waals surface area contributed by atoms with Crippen molar-refractivity contribution in [2.24, 2.45) is 0 Å². The fourth-order valence-electron chi connectivity index (χ4n) is 1.89. The van der Waals surface area contributed by atoms with Crippen LogP contribution >= 0.6 is 7.82 Å². The minimum Gasteiger partial charge on any atom is -0.387 e. The van der Waals surface area contributed by atoms with Gasteiger partial charge in [0.1, 0.15) is 18.3 Å². The van der Waals surface area contributed by atoms with E-state index in [2.05, 4.69) is 4.52 Å². The van der Waals surface area contributed by atoms with Crippen molar-refractivity contribution >= 4 is 7.82 Å². The van der Waals surface area contributed by atoms with Gasteiger partial charge in [-0.25, -0.2) is 9.36 Å².